The van der Waals surface area contributed by atoms with Crippen molar-refractivity contribution in [1.29, 1.82) is 0 Å². The van der Waals surface area contributed by atoms with Crippen molar-refractivity contribution >= 4 is 19.7 Å². The van der Waals surface area contributed by atoms with Crippen molar-refractivity contribution in [2.75, 3.05) is 40.9 Å². The fourth-order valence-electron chi connectivity index (χ4n) is 7.20. The van der Waals surface area contributed by atoms with Gasteiger partial charge in [-0.2, -0.15) is 0 Å². The van der Waals surface area contributed by atoms with Crippen LogP contribution < -0.4 is 5.32 Å². The van der Waals surface area contributed by atoms with E-state index >= 15 is 0 Å². The van der Waals surface area contributed by atoms with Crippen molar-refractivity contribution in [2.24, 2.45) is 0 Å². The lowest BCUT2D eigenvalue weighted by Gasteiger charge is -2.27. The average molecular weight is 958 g/mol. The molecule has 0 aromatic heterocycles. The molecule has 0 aromatic rings. The molecule has 1 amide bonds. The standard InChI is InChI=1S/C57H101N2O7P/c1-7-10-13-16-19-22-25-26-27-28-29-30-31-32-35-37-40-43-46-49-56(60)58-54(53-65-67(62,63)64-52-51-59(4,5)6)55(48-45-42-39-36-33-23-20-17-14-11-8-2)66-57(61)50-47-44-41-38-34-24-21-18-15-12-9-3/h10,13,19,22,26-27,29-30,32,35,40,43,45,48,54-55H,7-9,11-12,14-18,20-21,23-25,28,31,33-34,36-39,41-42,44,46-47,49-53H2,1-6H3,(H-,58,60,62,63)/p+1/b13-10-,22-19-,27-26-,30-29-,35-32-,43-40-,48-45-. The van der Waals surface area contributed by atoms with Crippen molar-refractivity contribution in [2.45, 2.75) is 226 Å². The normalized spacial score (nSPS) is 14.6. The van der Waals surface area contributed by atoms with Crippen LogP contribution >= 0.6 is 7.82 Å². The number of quaternary nitrogens is 1. The van der Waals surface area contributed by atoms with Crippen LogP contribution in [0.25, 0.3) is 0 Å². The SMILES string of the molecule is CC/C=C\C/C=C\C/C=C\C/C=C\C/C=C\C/C=C\CCC(=O)NC(COP(=O)(O)OCC[N+](C)(C)C)C(/C=C\CCCCCCCCCCC)OC(=O)CCCCCCCCCCCCC. The second-order valence-corrected chi connectivity index (χ2v) is 20.5. The Morgan fingerprint density at radius 1 is 0.537 bits per heavy atom. The summed E-state index contributed by atoms with van der Waals surface area (Å²) in [6.07, 6.45) is 60.3. The first-order valence-corrected chi connectivity index (χ1v) is 28.4. The average Bonchev–Trinajstić information content (AvgIpc) is 3.28. The highest BCUT2D eigenvalue weighted by Crippen LogP contribution is 2.43. The molecule has 0 saturated heterocycles. The van der Waals surface area contributed by atoms with Gasteiger partial charge in [-0.15, -0.1) is 0 Å². The number of amides is 1. The molecule has 386 valence electrons. The van der Waals surface area contributed by atoms with Crippen molar-refractivity contribution in [3.05, 3.63) is 85.1 Å². The molecule has 0 heterocycles. The van der Waals surface area contributed by atoms with Crippen LogP contribution in [-0.4, -0.2) is 74.3 Å². The molecule has 0 spiro atoms. The first-order chi connectivity index (χ1) is 32.4. The summed E-state index contributed by atoms with van der Waals surface area (Å²) < 4.78 is 30.4. The van der Waals surface area contributed by atoms with Crippen LogP contribution in [0.3, 0.4) is 0 Å². The lowest BCUT2D eigenvalue weighted by Crippen LogP contribution is -2.47. The minimum Gasteiger partial charge on any atom is -0.456 e. The second kappa shape index (κ2) is 46.9. The molecule has 0 bridgehead atoms. The van der Waals surface area contributed by atoms with Gasteiger partial charge in [0, 0.05) is 12.8 Å². The summed E-state index contributed by atoms with van der Waals surface area (Å²) in [4.78, 5) is 37.4. The molecule has 9 nitrogen and oxygen atoms in total. The van der Waals surface area contributed by atoms with Crippen LogP contribution in [-0.2, 0) is 27.9 Å². The van der Waals surface area contributed by atoms with Gasteiger partial charge in [0.25, 0.3) is 0 Å². The molecular weight excluding hydrogens is 856 g/mol. The number of allylic oxidation sites excluding steroid dienone is 13. The molecule has 67 heavy (non-hydrogen) atoms. The fourth-order valence-corrected chi connectivity index (χ4v) is 7.93. The Morgan fingerprint density at radius 2 is 0.970 bits per heavy atom. The lowest BCUT2D eigenvalue weighted by atomic mass is 10.1. The molecule has 0 saturated carbocycles. The van der Waals surface area contributed by atoms with Crippen LogP contribution in [0.1, 0.15) is 213 Å². The van der Waals surface area contributed by atoms with E-state index in [1.165, 1.54) is 96.3 Å². The summed E-state index contributed by atoms with van der Waals surface area (Å²) in [5, 5.41) is 2.99. The fraction of sp³-hybridized carbons (Fsp3) is 0.719. The lowest BCUT2D eigenvalue weighted by molar-refractivity contribution is -0.870. The maximum absolute atomic E-state index is 13.4. The number of carbonyl (C=O) groups excluding carboxylic acids is 2. The van der Waals surface area contributed by atoms with Gasteiger partial charge in [0.2, 0.25) is 5.91 Å². The Labute approximate surface area is 412 Å². The van der Waals surface area contributed by atoms with E-state index in [0.717, 1.165) is 77.0 Å². The third kappa shape index (κ3) is 48.0. The number of esters is 1. The second-order valence-electron chi connectivity index (χ2n) is 19.0. The molecule has 0 radical (unpaired) electrons. The number of hydrogen-bond acceptors (Lipinski definition) is 6. The predicted molar refractivity (Wildman–Crippen MR) is 286 cm³/mol. The number of hydrogen-bond donors (Lipinski definition) is 2. The van der Waals surface area contributed by atoms with Gasteiger partial charge in [-0.3, -0.25) is 18.6 Å². The number of carbonyl (C=O) groups is 2. The van der Waals surface area contributed by atoms with Crippen LogP contribution in [0.15, 0.2) is 85.1 Å². The highest BCUT2D eigenvalue weighted by molar-refractivity contribution is 7.47. The number of phosphoric acid groups is 1. The molecule has 3 atom stereocenters. The van der Waals surface area contributed by atoms with Gasteiger partial charge < -0.3 is 19.4 Å². The highest BCUT2D eigenvalue weighted by atomic mass is 31.2. The van der Waals surface area contributed by atoms with Gasteiger partial charge in [0.05, 0.1) is 33.8 Å². The zero-order chi connectivity index (χ0) is 49.4. The Bertz CT molecular complexity index is 1430. The first kappa shape index (κ1) is 64.2. The third-order valence-corrected chi connectivity index (χ3v) is 12.3. The molecule has 0 rings (SSSR count). The molecule has 0 aliphatic carbocycles. The monoisotopic (exact) mass is 958 g/mol. The van der Waals surface area contributed by atoms with Crippen LogP contribution in [0.2, 0.25) is 0 Å². The van der Waals surface area contributed by atoms with Crippen molar-refractivity contribution < 1.29 is 37.3 Å². The Morgan fingerprint density at radius 3 is 1.43 bits per heavy atom. The van der Waals surface area contributed by atoms with Gasteiger partial charge >= 0.3 is 13.8 Å². The number of nitrogens with one attached hydrogen (secondary N) is 1. The zero-order valence-corrected chi connectivity index (χ0v) is 44.8. The summed E-state index contributed by atoms with van der Waals surface area (Å²) in [5.41, 5.74) is 0. The molecule has 10 heteroatoms. The number of rotatable bonds is 47. The van der Waals surface area contributed by atoms with Gasteiger partial charge in [-0.05, 0) is 70.3 Å². The van der Waals surface area contributed by atoms with Crippen LogP contribution in [0, 0.1) is 0 Å². The molecule has 2 N–H and O–H groups in total. The summed E-state index contributed by atoms with van der Waals surface area (Å²) in [7, 11) is 1.44. The summed E-state index contributed by atoms with van der Waals surface area (Å²) >= 11 is 0. The number of likely N-dealkylation sites (N-methyl/N-ethyl adjacent to an activating group) is 1. The zero-order valence-electron chi connectivity index (χ0n) is 43.9. The van der Waals surface area contributed by atoms with Crippen LogP contribution in [0.4, 0.5) is 0 Å². The van der Waals surface area contributed by atoms with E-state index in [0.29, 0.717) is 17.4 Å². The topological polar surface area (TPSA) is 111 Å². The smallest absolute Gasteiger partial charge is 0.456 e. The van der Waals surface area contributed by atoms with E-state index < -0.39 is 20.0 Å². The minimum absolute atomic E-state index is 0.0241. The van der Waals surface area contributed by atoms with Gasteiger partial charge in [0.15, 0.2) is 0 Å². The summed E-state index contributed by atoms with van der Waals surface area (Å²) in [5.74, 6) is -0.608. The van der Waals surface area contributed by atoms with E-state index in [-0.39, 0.29) is 37.9 Å². The quantitative estimate of drug-likeness (QED) is 0.0205. The molecule has 0 aliphatic heterocycles. The first-order valence-electron chi connectivity index (χ1n) is 26.9. The maximum Gasteiger partial charge on any atom is 0.472 e. The molecule has 3 unspecified atom stereocenters. The maximum atomic E-state index is 13.4. The number of nitrogens with zero attached hydrogens (tertiary/aromatic N) is 1. The highest BCUT2D eigenvalue weighted by Gasteiger charge is 2.30. The van der Waals surface area contributed by atoms with Gasteiger partial charge in [-0.1, -0.05) is 215 Å². The Hall–Kier alpha value is -2.81. The number of unbranched alkanes of at least 4 members (excludes halogenated alkanes) is 19. The Balaban J connectivity index is 5.47. The molecule has 0 aromatic carbocycles. The van der Waals surface area contributed by atoms with Crippen molar-refractivity contribution in [3.8, 4) is 0 Å². The van der Waals surface area contributed by atoms with Crippen LogP contribution in [0.5, 0.6) is 0 Å². The Kier molecular flexibility index (Phi) is 44.9. The largest absolute Gasteiger partial charge is 0.472 e. The van der Waals surface area contributed by atoms with E-state index in [1.807, 2.05) is 45.4 Å². The predicted octanol–water partition coefficient (Wildman–Crippen LogP) is 15.9. The third-order valence-electron chi connectivity index (χ3n) is 11.4. The van der Waals surface area contributed by atoms with Gasteiger partial charge in [0.1, 0.15) is 19.3 Å². The summed E-state index contributed by atoms with van der Waals surface area (Å²) in [6, 6.07) is -0.888. The van der Waals surface area contributed by atoms with Crippen molar-refractivity contribution in [3.63, 3.8) is 0 Å². The molecule has 0 aliphatic rings. The van der Waals surface area contributed by atoms with E-state index in [1.54, 1.807) is 0 Å². The van der Waals surface area contributed by atoms with E-state index in [2.05, 4.69) is 86.8 Å². The number of ether oxygens (including phenoxy) is 1. The molecule has 0 fully saturated rings. The van der Waals surface area contributed by atoms with E-state index in [9.17, 15) is 19.0 Å². The number of phosphoric ester groups is 1. The van der Waals surface area contributed by atoms with E-state index in [4.69, 9.17) is 13.8 Å². The minimum atomic E-state index is -4.46. The van der Waals surface area contributed by atoms with Gasteiger partial charge in [-0.25, -0.2) is 4.57 Å². The molecular formula is C57H102N2O7P+. The van der Waals surface area contributed by atoms with Crippen molar-refractivity contribution in [1.82, 2.24) is 5.32 Å². The summed E-state index contributed by atoms with van der Waals surface area (Å²) in [6.45, 7) is 6.80.